The number of hydrogen-bond donors (Lipinski definition) is 3. The van der Waals surface area contributed by atoms with Gasteiger partial charge in [0, 0.05) is 17.7 Å². The van der Waals surface area contributed by atoms with Gasteiger partial charge in [-0.25, -0.2) is 0 Å². The third kappa shape index (κ3) is 1.93. The van der Waals surface area contributed by atoms with E-state index in [1.807, 2.05) is 30.3 Å². The summed E-state index contributed by atoms with van der Waals surface area (Å²) in [5.74, 6) is -1.82. The molecule has 0 saturated carbocycles. The summed E-state index contributed by atoms with van der Waals surface area (Å²) in [6.45, 7) is 0. The third-order valence-corrected chi connectivity index (χ3v) is 2.45. The van der Waals surface area contributed by atoms with Gasteiger partial charge in [-0.3, -0.25) is 0 Å². The summed E-state index contributed by atoms with van der Waals surface area (Å²) in [4.78, 5) is 0. The van der Waals surface area contributed by atoms with Crippen LogP contribution in [0.1, 0.15) is 12.0 Å². The number of benzene rings is 1. The Morgan fingerprint density at radius 2 is 1.80 bits per heavy atom. The lowest BCUT2D eigenvalue weighted by atomic mass is 9.90. The van der Waals surface area contributed by atoms with E-state index in [1.54, 1.807) is 12.2 Å². The Morgan fingerprint density at radius 1 is 1.13 bits per heavy atom. The maximum Gasteiger partial charge on any atom is 0.194 e. The van der Waals surface area contributed by atoms with Gasteiger partial charge in [0.2, 0.25) is 0 Å². The van der Waals surface area contributed by atoms with Crippen LogP contribution in [-0.2, 0) is 0 Å². The molecular weight excluding hydrogens is 190 g/mol. The molecule has 1 aromatic carbocycles. The molecule has 3 nitrogen and oxygen atoms in total. The Balaban J connectivity index is 2.47. The van der Waals surface area contributed by atoms with Gasteiger partial charge >= 0.3 is 0 Å². The first-order valence-corrected chi connectivity index (χ1v) is 4.77. The van der Waals surface area contributed by atoms with E-state index in [4.69, 9.17) is 5.73 Å². The molecule has 4 N–H and O–H groups in total. The van der Waals surface area contributed by atoms with E-state index in [0.717, 1.165) is 5.56 Å². The van der Waals surface area contributed by atoms with E-state index < -0.39 is 5.79 Å². The summed E-state index contributed by atoms with van der Waals surface area (Å²) >= 11 is 0. The predicted octanol–water partition coefficient (Wildman–Crippen LogP) is 0.997. The largest absolute Gasteiger partial charge is 0.399 e. The molecule has 0 bridgehead atoms. The molecule has 1 aliphatic rings. The van der Waals surface area contributed by atoms with Crippen molar-refractivity contribution < 1.29 is 10.2 Å². The van der Waals surface area contributed by atoms with Crippen LogP contribution in [0.2, 0.25) is 0 Å². The lowest BCUT2D eigenvalue weighted by Crippen LogP contribution is -2.31. The second-order valence-electron chi connectivity index (χ2n) is 3.65. The first-order chi connectivity index (χ1) is 7.09. The van der Waals surface area contributed by atoms with Gasteiger partial charge in [-0.15, -0.1) is 0 Å². The van der Waals surface area contributed by atoms with Gasteiger partial charge in [-0.2, -0.15) is 0 Å². The SMILES string of the molecule is NC1=CCC(O)(O)C(c2ccccc2)=C1. The van der Waals surface area contributed by atoms with Gasteiger partial charge in [-0.05, 0) is 11.6 Å². The minimum Gasteiger partial charge on any atom is -0.399 e. The quantitative estimate of drug-likeness (QED) is 0.596. The van der Waals surface area contributed by atoms with Crippen molar-refractivity contribution in [3.63, 3.8) is 0 Å². The molecule has 1 aromatic rings. The summed E-state index contributed by atoms with van der Waals surface area (Å²) in [7, 11) is 0. The molecule has 3 heteroatoms. The Kier molecular flexibility index (Phi) is 2.34. The van der Waals surface area contributed by atoms with Crippen molar-refractivity contribution in [3.8, 4) is 0 Å². The number of allylic oxidation sites excluding steroid dienone is 1. The number of rotatable bonds is 1. The van der Waals surface area contributed by atoms with Crippen LogP contribution in [0.4, 0.5) is 0 Å². The maximum atomic E-state index is 9.79. The van der Waals surface area contributed by atoms with Crippen LogP contribution in [0, 0.1) is 0 Å². The standard InChI is InChI=1S/C12H13NO2/c13-10-6-7-12(14,15)11(8-10)9-4-2-1-3-5-9/h1-6,8,14-15H,7,13H2. The Bertz CT molecular complexity index is 419. The lowest BCUT2D eigenvalue weighted by Gasteiger charge is -2.27. The molecule has 0 amide bonds. The van der Waals surface area contributed by atoms with E-state index in [-0.39, 0.29) is 6.42 Å². The van der Waals surface area contributed by atoms with Crippen LogP contribution in [0.25, 0.3) is 5.57 Å². The highest BCUT2D eigenvalue weighted by molar-refractivity contribution is 5.74. The van der Waals surface area contributed by atoms with Crippen LogP contribution in [0.15, 0.2) is 48.2 Å². The van der Waals surface area contributed by atoms with Crippen molar-refractivity contribution in [2.75, 3.05) is 0 Å². The van der Waals surface area contributed by atoms with E-state index >= 15 is 0 Å². The van der Waals surface area contributed by atoms with E-state index in [0.29, 0.717) is 11.3 Å². The van der Waals surface area contributed by atoms with Crippen LogP contribution in [0.3, 0.4) is 0 Å². The fraction of sp³-hybridized carbons (Fsp3) is 0.167. The minimum atomic E-state index is -1.82. The summed E-state index contributed by atoms with van der Waals surface area (Å²) in [5.41, 5.74) is 7.43. The zero-order chi connectivity index (χ0) is 10.9. The number of hydrogen-bond acceptors (Lipinski definition) is 3. The molecule has 0 heterocycles. The average molecular weight is 203 g/mol. The maximum absolute atomic E-state index is 9.79. The van der Waals surface area contributed by atoms with Crippen molar-refractivity contribution in [1.29, 1.82) is 0 Å². The topological polar surface area (TPSA) is 66.5 Å². The second-order valence-corrected chi connectivity index (χ2v) is 3.65. The van der Waals surface area contributed by atoms with Gasteiger partial charge in [0.25, 0.3) is 0 Å². The van der Waals surface area contributed by atoms with Crippen molar-refractivity contribution in [2.24, 2.45) is 5.73 Å². The number of aliphatic hydroxyl groups is 2. The molecule has 0 aromatic heterocycles. The Morgan fingerprint density at radius 3 is 2.47 bits per heavy atom. The molecule has 0 spiro atoms. The van der Waals surface area contributed by atoms with Crippen molar-refractivity contribution >= 4 is 5.57 Å². The van der Waals surface area contributed by atoms with E-state index in [1.165, 1.54) is 0 Å². The monoisotopic (exact) mass is 203 g/mol. The van der Waals surface area contributed by atoms with E-state index in [9.17, 15) is 10.2 Å². The van der Waals surface area contributed by atoms with Crippen LogP contribution < -0.4 is 5.73 Å². The van der Waals surface area contributed by atoms with E-state index in [2.05, 4.69) is 0 Å². The second kappa shape index (κ2) is 3.53. The zero-order valence-corrected chi connectivity index (χ0v) is 8.22. The van der Waals surface area contributed by atoms with Gasteiger partial charge in [0.1, 0.15) is 0 Å². The van der Waals surface area contributed by atoms with Crippen LogP contribution in [0.5, 0.6) is 0 Å². The summed E-state index contributed by atoms with van der Waals surface area (Å²) in [5, 5.41) is 19.6. The van der Waals surface area contributed by atoms with Crippen molar-refractivity contribution in [2.45, 2.75) is 12.2 Å². The van der Waals surface area contributed by atoms with Crippen molar-refractivity contribution in [3.05, 3.63) is 53.7 Å². The first-order valence-electron chi connectivity index (χ1n) is 4.77. The molecule has 0 unspecified atom stereocenters. The lowest BCUT2D eigenvalue weighted by molar-refractivity contribution is -0.105. The molecule has 0 fully saturated rings. The highest BCUT2D eigenvalue weighted by Gasteiger charge is 2.30. The summed E-state index contributed by atoms with van der Waals surface area (Å²) < 4.78 is 0. The summed E-state index contributed by atoms with van der Waals surface area (Å²) in [6, 6.07) is 9.22. The molecule has 0 saturated heterocycles. The Hall–Kier alpha value is -1.58. The highest BCUT2D eigenvalue weighted by Crippen LogP contribution is 2.32. The molecule has 0 atom stereocenters. The average Bonchev–Trinajstić information content (AvgIpc) is 2.23. The molecule has 15 heavy (non-hydrogen) atoms. The molecule has 0 radical (unpaired) electrons. The Labute approximate surface area is 88.2 Å². The van der Waals surface area contributed by atoms with Crippen LogP contribution in [-0.4, -0.2) is 16.0 Å². The van der Waals surface area contributed by atoms with Gasteiger partial charge in [-0.1, -0.05) is 36.4 Å². The summed E-state index contributed by atoms with van der Waals surface area (Å²) in [6.07, 6.45) is 3.32. The zero-order valence-electron chi connectivity index (χ0n) is 8.22. The van der Waals surface area contributed by atoms with Gasteiger partial charge in [0.15, 0.2) is 5.79 Å². The fourth-order valence-corrected chi connectivity index (χ4v) is 1.64. The van der Waals surface area contributed by atoms with Crippen molar-refractivity contribution in [1.82, 2.24) is 0 Å². The molecule has 2 rings (SSSR count). The van der Waals surface area contributed by atoms with Crippen LogP contribution >= 0.6 is 0 Å². The molecule has 78 valence electrons. The number of nitrogens with two attached hydrogens (primary N) is 1. The smallest absolute Gasteiger partial charge is 0.194 e. The van der Waals surface area contributed by atoms with Gasteiger partial charge < -0.3 is 15.9 Å². The van der Waals surface area contributed by atoms with Gasteiger partial charge in [0.05, 0.1) is 0 Å². The molecular formula is C12H13NO2. The highest BCUT2D eigenvalue weighted by atomic mass is 16.5. The normalized spacial score (nSPS) is 19.3. The molecule has 1 aliphatic carbocycles. The fourth-order valence-electron chi connectivity index (χ4n) is 1.64. The first kappa shape index (κ1) is 9.96. The third-order valence-electron chi connectivity index (χ3n) is 2.45. The minimum absolute atomic E-state index is 0.125. The predicted molar refractivity (Wildman–Crippen MR) is 58.5 cm³/mol. The molecule has 0 aliphatic heterocycles.